The zero-order chi connectivity index (χ0) is 45.1. The van der Waals surface area contributed by atoms with Gasteiger partial charge in [-0.3, -0.25) is 0 Å². The van der Waals surface area contributed by atoms with Gasteiger partial charge in [0.15, 0.2) is 0 Å². The van der Waals surface area contributed by atoms with E-state index in [9.17, 15) is 0 Å². The third kappa shape index (κ3) is 6.65. The minimum atomic E-state index is -1.30. The molecule has 1 saturated carbocycles. The van der Waals surface area contributed by atoms with Gasteiger partial charge in [0.2, 0.25) is 0 Å². The predicted octanol–water partition coefficient (Wildman–Crippen LogP) is 14.9. The Morgan fingerprint density at radius 1 is 0.762 bits per heavy atom. The minimum Gasteiger partial charge on any atom is -0.319 e. The summed E-state index contributed by atoms with van der Waals surface area (Å²) in [5.41, 5.74) is 22.0. The van der Waals surface area contributed by atoms with Crippen molar-refractivity contribution in [1.82, 2.24) is 0 Å². The van der Waals surface area contributed by atoms with Crippen LogP contribution in [0.15, 0.2) is 94.3 Å². The summed E-state index contributed by atoms with van der Waals surface area (Å²) in [4.78, 5) is 5.69. The molecule has 1 aromatic heterocycles. The van der Waals surface area contributed by atoms with Gasteiger partial charge in [0.05, 0.1) is 14.5 Å². The number of fused-ring (bicyclic) bond motifs is 6. The average Bonchev–Trinajstić information content (AvgIpc) is 3.58. The first-order valence-corrected chi connectivity index (χ1v) is 28.5. The summed E-state index contributed by atoms with van der Waals surface area (Å²) in [6, 6.07) is 20.2. The molecule has 0 unspecified atom stereocenters. The molecule has 4 aliphatic carbocycles. The summed E-state index contributed by atoms with van der Waals surface area (Å²) in [6.07, 6.45) is 13.9. The highest BCUT2D eigenvalue weighted by Crippen LogP contribution is 2.60. The highest BCUT2D eigenvalue weighted by molar-refractivity contribution is 7.33. The summed E-state index contributed by atoms with van der Waals surface area (Å²) in [5.74, 6) is 0.981. The van der Waals surface area contributed by atoms with Crippen molar-refractivity contribution in [3.8, 4) is 0 Å². The molecule has 63 heavy (non-hydrogen) atoms. The first kappa shape index (κ1) is 43.4. The third-order valence-corrected chi connectivity index (χ3v) is 20.2. The van der Waals surface area contributed by atoms with E-state index in [-0.39, 0.29) is 33.8 Å². The van der Waals surface area contributed by atoms with Crippen LogP contribution >= 0.6 is 11.3 Å². The fraction of sp³-hybridized carbons (Fsp3) is 0.517. The predicted molar refractivity (Wildman–Crippen MR) is 281 cm³/mol. The van der Waals surface area contributed by atoms with E-state index in [4.69, 9.17) is 0 Å². The van der Waals surface area contributed by atoms with Crippen molar-refractivity contribution >= 4 is 75.1 Å². The first-order chi connectivity index (χ1) is 29.4. The molecule has 2 aliphatic heterocycles. The Balaban J connectivity index is 1.32. The van der Waals surface area contributed by atoms with E-state index in [1.54, 1.807) is 33.1 Å². The van der Waals surface area contributed by atoms with E-state index in [0.717, 1.165) is 19.3 Å². The molecular formula is C58H75BN2SSi. The van der Waals surface area contributed by atoms with Gasteiger partial charge in [0.25, 0.3) is 6.71 Å². The number of hydrogen-bond donors (Lipinski definition) is 0. The minimum absolute atomic E-state index is 0.0841. The maximum atomic E-state index is 2.89. The van der Waals surface area contributed by atoms with Crippen molar-refractivity contribution in [3.63, 3.8) is 0 Å². The number of benzene rings is 3. The van der Waals surface area contributed by atoms with E-state index < -0.39 is 8.80 Å². The largest absolute Gasteiger partial charge is 0.319 e. The Kier molecular flexibility index (Phi) is 9.80. The Hall–Kier alpha value is -3.54. The van der Waals surface area contributed by atoms with Gasteiger partial charge in [0, 0.05) is 43.3 Å². The van der Waals surface area contributed by atoms with Gasteiger partial charge in [-0.2, -0.15) is 0 Å². The lowest BCUT2D eigenvalue weighted by atomic mass is 9.34. The number of nitrogens with zero attached hydrogens (tertiary/aromatic N) is 2. The van der Waals surface area contributed by atoms with Gasteiger partial charge >= 0.3 is 0 Å². The fourth-order valence-electron chi connectivity index (χ4n) is 13.0. The maximum Gasteiger partial charge on any atom is 0.264 e. The van der Waals surface area contributed by atoms with Gasteiger partial charge in [-0.25, -0.2) is 0 Å². The normalized spacial score (nSPS) is 23.1. The number of allylic oxidation sites excluding steroid dienone is 8. The van der Waals surface area contributed by atoms with Gasteiger partial charge in [-0.05, 0) is 166 Å². The highest BCUT2D eigenvalue weighted by Gasteiger charge is 2.53. The van der Waals surface area contributed by atoms with E-state index in [2.05, 4.69) is 192 Å². The van der Waals surface area contributed by atoms with Crippen molar-refractivity contribution in [3.05, 3.63) is 111 Å². The molecule has 0 amide bonds. The summed E-state index contributed by atoms with van der Waals surface area (Å²) in [6.45, 7) is 39.8. The van der Waals surface area contributed by atoms with Crippen LogP contribution in [0.3, 0.4) is 0 Å². The van der Waals surface area contributed by atoms with Gasteiger partial charge in [-0.15, -0.1) is 11.3 Å². The van der Waals surface area contributed by atoms with Crippen LogP contribution in [0.2, 0.25) is 13.1 Å². The summed E-state index contributed by atoms with van der Waals surface area (Å²) >= 11 is 2.08. The quantitative estimate of drug-likeness (QED) is 0.189. The number of aryl methyl sites for hydroxylation is 1. The molecule has 0 saturated heterocycles. The van der Waals surface area contributed by atoms with Crippen molar-refractivity contribution < 1.29 is 0 Å². The second-order valence-corrected chi connectivity index (χ2v) is 29.2. The van der Waals surface area contributed by atoms with Crippen molar-refractivity contribution in [1.29, 1.82) is 0 Å². The number of hydrogen-bond acceptors (Lipinski definition) is 3. The Morgan fingerprint density at radius 3 is 2.13 bits per heavy atom. The van der Waals surface area contributed by atoms with Crippen LogP contribution in [0.25, 0.3) is 10.1 Å². The van der Waals surface area contributed by atoms with Gasteiger partial charge in [0.1, 0.15) is 0 Å². The molecule has 2 nitrogen and oxygen atoms in total. The molecule has 10 rings (SSSR count). The van der Waals surface area contributed by atoms with Crippen LogP contribution in [0, 0.1) is 34.5 Å². The van der Waals surface area contributed by atoms with Crippen molar-refractivity contribution in [2.75, 3.05) is 9.80 Å². The van der Waals surface area contributed by atoms with Crippen molar-refractivity contribution in [2.24, 2.45) is 27.6 Å². The second-order valence-electron chi connectivity index (χ2n) is 25.2. The molecule has 4 aromatic rings. The van der Waals surface area contributed by atoms with E-state index in [1.165, 1.54) is 91.1 Å². The van der Waals surface area contributed by atoms with E-state index in [1.807, 2.05) is 0 Å². The van der Waals surface area contributed by atoms with Crippen LogP contribution in [-0.4, -0.2) is 15.5 Å². The fourth-order valence-corrected chi connectivity index (χ4v) is 15.6. The summed E-state index contributed by atoms with van der Waals surface area (Å²) in [7, 11) is -1.30. The molecule has 6 aliphatic rings. The number of anilines is 4. The standard InChI is InChI=1S/C58H75BN2SSi/c1-34(2)36-17-22-49-39(29-36)52-53(62-49)59-44-32-42-43(58(13,14)26-25-57(42,11)12)33-46(44)60(38-19-20-40-41(31-38)56(9,10)24-23-55(40,7)8)47-27-35(3)28-48(51(47)59)61(52)45-21-18-37(54(4,5)6)30-50(45)63(15)16/h17-18,21-22,27-32,34,43,63H,19-20,23-26,33H2,1-16H3/t43-/m1/s1. The average molecular weight is 871 g/mol. The van der Waals surface area contributed by atoms with E-state index in [0.29, 0.717) is 11.8 Å². The van der Waals surface area contributed by atoms with Gasteiger partial charge in [-0.1, -0.05) is 139 Å². The lowest BCUT2D eigenvalue weighted by Crippen LogP contribution is -2.57. The number of thiophene rings is 1. The van der Waals surface area contributed by atoms with Crippen LogP contribution < -0.4 is 25.2 Å². The maximum absolute atomic E-state index is 2.89. The van der Waals surface area contributed by atoms with Crippen LogP contribution in [0.4, 0.5) is 22.7 Å². The molecule has 0 bridgehead atoms. The monoisotopic (exact) mass is 871 g/mol. The van der Waals surface area contributed by atoms with E-state index >= 15 is 0 Å². The van der Waals surface area contributed by atoms with Crippen LogP contribution in [0.1, 0.15) is 158 Å². The molecule has 0 spiro atoms. The molecule has 1 atom stereocenters. The molecule has 0 radical (unpaired) electrons. The topological polar surface area (TPSA) is 6.48 Å². The zero-order valence-electron chi connectivity index (χ0n) is 41.8. The van der Waals surface area contributed by atoms with Crippen molar-refractivity contribution in [2.45, 2.75) is 166 Å². The highest BCUT2D eigenvalue weighted by atomic mass is 32.1. The summed E-state index contributed by atoms with van der Waals surface area (Å²) in [5, 5.41) is 2.99. The molecule has 1 fully saturated rings. The lowest BCUT2D eigenvalue weighted by molar-refractivity contribution is 0.121. The Morgan fingerprint density at radius 2 is 1.44 bits per heavy atom. The molecule has 5 heteroatoms. The third-order valence-electron chi connectivity index (χ3n) is 17.3. The SMILES string of the molecule is Cc1cc2c3c(c1)N(c1ccc(C(C)(C)C)cc1[SiH](C)C)c1c(sc4ccc(C(C)C)cc14)B3C1=C(C[C@@H]3C(=C1)C(C)(C)CCC3(C)C)N2C1=CC2=C(CC1)C(C)(C)CCC2(C)C. The Labute approximate surface area is 387 Å². The number of rotatable bonds is 4. The molecule has 3 heterocycles. The molecule has 330 valence electrons. The second kappa shape index (κ2) is 14.2. The smallest absolute Gasteiger partial charge is 0.264 e. The summed E-state index contributed by atoms with van der Waals surface area (Å²) < 4.78 is 2.95. The lowest BCUT2D eigenvalue weighted by Gasteiger charge is -2.54. The van der Waals surface area contributed by atoms with Crippen LogP contribution in [-0.2, 0) is 5.41 Å². The van der Waals surface area contributed by atoms with Gasteiger partial charge < -0.3 is 9.80 Å². The Bertz CT molecular complexity index is 2740. The molecular weight excluding hydrogens is 796 g/mol. The first-order valence-electron chi connectivity index (χ1n) is 24.7. The van der Waals surface area contributed by atoms with Crippen LogP contribution in [0.5, 0.6) is 0 Å². The molecule has 0 N–H and O–H groups in total. The molecule has 3 aromatic carbocycles. The zero-order valence-corrected chi connectivity index (χ0v) is 43.8.